The molecular weight excluding hydrogens is 205 g/mol. The summed E-state index contributed by atoms with van der Waals surface area (Å²) >= 11 is 0. The maximum atomic E-state index is 13.2. The lowest BCUT2D eigenvalue weighted by atomic mass is 10.3. The van der Waals surface area contributed by atoms with Crippen molar-refractivity contribution in [3.8, 4) is 0 Å². The van der Waals surface area contributed by atoms with E-state index in [1.54, 1.807) is 0 Å². The number of hydrogen-bond acceptors (Lipinski definition) is 3. The molecule has 78 valence electrons. The number of sulfone groups is 1. The molecule has 0 amide bonds. The van der Waals surface area contributed by atoms with Gasteiger partial charge in [0.2, 0.25) is 0 Å². The third-order valence-corrected chi connectivity index (χ3v) is 4.20. The summed E-state index contributed by atoms with van der Waals surface area (Å²) in [6.45, 7) is 1.44. The van der Waals surface area contributed by atoms with Crippen LogP contribution in [0, 0.1) is 5.82 Å². The minimum Gasteiger partial charge on any atom is -0.329 e. The highest BCUT2D eigenvalue weighted by Crippen LogP contribution is 2.18. The minimum atomic E-state index is -3.62. The number of hydrogen-bond donors (Lipinski definition) is 1. The van der Waals surface area contributed by atoms with Crippen LogP contribution in [0.25, 0.3) is 0 Å². The molecule has 0 bridgehead atoms. The van der Waals surface area contributed by atoms with Crippen molar-refractivity contribution in [3.05, 3.63) is 30.1 Å². The summed E-state index contributed by atoms with van der Waals surface area (Å²) in [4.78, 5) is -0.280. The van der Waals surface area contributed by atoms with E-state index in [4.69, 9.17) is 5.73 Å². The highest BCUT2D eigenvalue weighted by Gasteiger charge is 2.24. The molecule has 0 saturated carbocycles. The van der Waals surface area contributed by atoms with E-state index < -0.39 is 20.9 Å². The van der Waals surface area contributed by atoms with Crippen LogP contribution in [0.3, 0.4) is 0 Å². The van der Waals surface area contributed by atoms with Crippen LogP contribution in [0.15, 0.2) is 29.2 Å². The maximum Gasteiger partial charge on any atom is 0.185 e. The third kappa shape index (κ3) is 1.93. The predicted molar refractivity (Wildman–Crippen MR) is 52.1 cm³/mol. The van der Waals surface area contributed by atoms with Gasteiger partial charge in [0.25, 0.3) is 0 Å². The van der Waals surface area contributed by atoms with Gasteiger partial charge in [-0.2, -0.15) is 0 Å². The smallest absolute Gasteiger partial charge is 0.185 e. The van der Waals surface area contributed by atoms with Gasteiger partial charge in [-0.05, 0) is 19.1 Å². The Labute approximate surface area is 82.7 Å². The largest absolute Gasteiger partial charge is 0.329 e. The number of benzene rings is 1. The summed E-state index contributed by atoms with van der Waals surface area (Å²) in [5, 5.41) is -0.764. The molecule has 5 heteroatoms. The number of halogens is 1. The Bertz CT molecular complexity index is 417. The molecular formula is C9H12FNO2S. The first-order chi connectivity index (χ1) is 6.50. The van der Waals surface area contributed by atoms with Crippen molar-refractivity contribution < 1.29 is 12.8 Å². The van der Waals surface area contributed by atoms with Crippen LogP contribution >= 0.6 is 0 Å². The summed E-state index contributed by atoms with van der Waals surface area (Å²) in [5.41, 5.74) is 5.24. The zero-order valence-electron chi connectivity index (χ0n) is 7.77. The van der Waals surface area contributed by atoms with Crippen LogP contribution in [-0.2, 0) is 9.84 Å². The zero-order valence-corrected chi connectivity index (χ0v) is 8.59. The Morgan fingerprint density at radius 3 is 2.50 bits per heavy atom. The summed E-state index contributed by atoms with van der Waals surface area (Å²) in [7, 11) is -3.62. The van der Waals surface area contributed by atoms with Gasteiger partial charge in [-0.15, -0.1) is 0 Å². The van der Waals surface area contributed by atoms with Crippen LogP contribution in [0.5, 0.6) is 0 Å². The van der Waals surface area contributed by atoms with Gasteiger partial charge in [0.15, 0.2) is 9.84 Å². The molecule has 0 saturated heterocycles. The van der Waals surface area contributed by atoms with Crippen molar-refractivity contribution in [2.24, 2.45) is 5.73 Å². The van der Waals surface area contributed by atoms with E-state index in [0.717, 1.165) is 6.07 Å². The van der Waals surface area contributed by atoms with Crippen molar-refractivity contribution >= 4 is 9.84 Å². The molecule has 1 aromatic carbocycles. The summed E-state index contributed by atoms with van der Waals surface area (Å²) in [6.07, 6.45) is 0. The molecule has 0 radical (unpaired) electrons. The van der Waals surface area contributed by atoms with E-state index in [1.807, 2.05) is 0 Å². The summed E-state index contributed by atoms with van der Waals surface area (Å²) in [5.74, 6) is -0.729. The molecule has 2 N–H and O–H groups in total. The lowest BCUT2D eigenvalue weighted by Gasteiger charge is -2.10. The molecule has 0 aliphatic carbocycles. The standard InChI is InChI=1S/C9H12FNO2S/c1-7(6-11)14(12,13)9-5-3-2-4-8(9)10/h2-5,7H,6,11H2,1H3. The van der Waals surface area contributed by atoms with Crippen LogP contribution in [0.2, 0.25) is 0 Å². The molecule has 1 rings (SSSR count). The Kier molecular flexibility index (Phi) is 3.23. The fraction of sp³-hybridized carbons (Fsp3) is 0.333. The fourth-order valence-corrected chi connectivity index (χ4v) is 2.31. The molecule has 0 aliphatic rings. The van der Waals surface area contributed by atoms with Crippen molar-refractivity contribution in [1.82, 2.24) is 0 Å². The second-order valence-electron chi connectivity index (χ2n) is 3.02. The molecule has 3 nitrogen and oxygen atoms in total. The van der Waals surface area contributed by atoms with Crippen LogP contribution in [-0.4, -0.2) is 20.2 Å². The molecule has 0 spiro atoms. The van der Waals surface area contributed by atoms with E-state index in [-0.39, 0.29) is 11.4 Å². The van der Waals surface area contributed by atoms with Gasteiger partial charge in [-0.1, -0.05) is 12.1 Å². The molecule has 0 aliphatic heterocycles. The van der Waals surface area contributed by atoms with E-state index in [9.17, 15) is 12.8 Å². The van der Waals surface area contributed by atoms with Crippen molar-refractivity contribution in [3.63, 3.8) is 0 Å². The molecule has 0 aromatic heterocycles. The average molecular weight is 217 g/mol. The lowest BCUT2D eigenvalue weighted by Crippen LogP contribution is -2.27. The number of nitrogens with two attached hydrogens (primary N) is 1. The third-order valence-electron chi connectivity index (χ3n) is 2.00. The van der Waals surface area contributed by atoms with E-state index >= 15 is 0 Å². The quantitative estimate of drug-likeness (QED) is 0.820. The second-order valence-corrected chi connectivity index (χ2v) is 5.36. The Balaban J connectivity index is 3.24. The lowest BCUT2D eigenvalue weighted by molar-refractivity contribution is 0.559. The topological polar surface area (TPSA) is 60.2 Å². The summed E-state index contributed by atoms with van der Waals surface area (Å²) < 4.78 is 36.5. The first-order valence-electron chi connectivity index (χ1n) is 4.18. The van der Waals surface area contributed by atoms with Gasteiger partial charge in [0.05, 0.1) is 5.25 Å². The normalized spacial score (nSPS) is 13.9. The van der Waals surface area contributed by atoms with E-state index in [1.165, 1.54) is 25.1 Å². The average Bonchev–Trinajstić information content (AvgIpc) is 2.17. The van der Waals surface area contributed by atoms with Gasteiger partial charge >= 0.3 is 0 Å². The van der Waals surface area contributed by atoms with Gasteiger partial charge in [0.1, 0.15) is 10.7 Å². The maximum absolute atomic E-state index is 13.2. The monoisotopic (exact) mass is 217 g/mol. The summed E-state index contributed by atoms with van der Waals surface area (Å²) in [6, 6.07) is 5.30. The van der Waals surface area contributed by atoms with Gasteiger partial charge in [-0.3, -0.25) is 0 Å². The Hall–Kier alpha value is -0.940. The molecule has 1 unspecified atom stereocenters. The highest BCUT2D eigenvalue weighted by molar-refractivity contribution is 7.92. The first-order valence-corrected chi connectivity index (χ1v) is 5.73. The van der Waals surface area contributed by atoms with Crippen LogP contribution < -0.4 is 5.73 Å². The van der Waals surface area contributed by atoms with Crippen molar-refractivity contribution in [1.29, 1.82) is 0 Å². The fourth-order valence-electron chi connectivity index (χ4n) is 1.02. The molecule has 1 atom stereocenters. The molecule has 0 fully saturated rings. The predicted octanol–water partition coefficient (Wildman–Crippen LogP) is 0.947. The zero-order chi connectivity index (χ0) is 10.8. The van der Waals surface area contributed by atoms with Gasteiger partial charge < -0.3 is 5.73 Å². The number of rotatable bonds is 3. The Morgan fingerprint density at radius 1 is 1.43 bits per heavy atom. The van der Waals surface area contributed by atoms with Gasteiger partial charge in [-0.25, -0.2) is 12.8 Å². The van der Waals surface area contributed by atoms with Gasteiger partial charge in [0, 0.05) is 6.54 Å². The first kappa shape index (κ1) is 11.1. The molecule has 1 aromatic rings. The van der Waals surface area contributed by atoms with Crippen molar-refractivity contribution in [2.75, 3.05) is 6.54 Å². The second kappa shape index (κ2) is 4.06. The molecule has 14 heavy (non-hydrogen) atoms. The van der Waals surface area contributed by atoms with E-state index in [2.05, 4.69) is 0 Å². The van der Waals surface area contributed by atoms with E-state index in [0.29, 0.717) is 0 Å². The Morgan fingerprint density at radius 2 is 2.00 bits per heavy atom. The molecule has 0 heterocycles. The minimum absolute atomic E-state index is 0.0172. The van der Waals surface area contributed by atoms with Crippen LogP contribution in [0.4, 0.5) is 4.39 Å². The van der Waals surface area contributed by atoms with Crippen LogP contribution in [0.1, 0.15) is 6.92 Å². The SMILES string of the molecule is CC(CN)S(=O)(=O)c1ccccc1F. The van der Waals surface area contributed by atoms with Crippen molar-refractivity contribution in [2.45, 2.75) is 17.1 Å². The highest BCUT2D eigenvalue weighted by atomic mass is 32.2.